The van der Waals surface area contributed by atoms with Crippen LogP contribution in [0.4, 0.5) is 5.69 Å². The van der Waals surface area contributed by atoms with Crippen molar-refractivity contribution in [3.8, 4) is 11.3 Å². The van der Waals surface area contributed by atoms with Gasteiger partial charge >= 0.3 is 0 Å². The molecule has 1 saturated heterocycles. The van der Waals surface area contributed by atoms with E-state index in [9.17, 15) is 4.79 Å². The van der Waals surface area contributed by atoms with Crippen LogP contribution in [0.15, 0.2) is 89.5 Å². The molecule has 2 aromatic heterocycles. The Morgan fingerprint density at radius 1 is 1.03 bits per heavy atom. The molecule has 0 spiro atoms. The smallest absolute Gasteiger partial charge is 0.244 e. The summed E-state index contributed by atoms with van der Waals surface area (Å²) in [5, 5.41) is 7.59. The minimum atomic E-state index is -0.393. The molecule has 1 fully saturated rings. The summed E-state index contributed by atoms with van der Waals surface area (Å²) < 4.78 is 6.28. The van der Waals surface area contributed by atoms with Gasteiger partial charge in [-0.3, -0.25) is 9.78 Å². The molecule has 0 saturated carbocycles. The van der Waals surface area contributed by atoms with Crippen molar-refractivity contribution in [2.24, 2.45) is 0 Å². The maximum absolute atomic E-state index is 12.9. The molecule has 3 heterocycles. The first-order chi connectivity index (χ1) is 17.0. The zero-order chi connectivity index (χ0) is 24.4. The number of carbonyl (C=O) groups excluding carboxylic acids is 1. The Balaban J connectivity index is 1.47. The number of nitrogens with one attached hydrogen (secondary N) is 2. The van der Waals surface area contributed by atoms with Gasteiger partial charge in [0.2, 0.25) is 5.91 Å². The standard InChI is InChI=1S/C26H20Cl2N4O2S/c27-18-10-9-16(14-19(18)28)21-11-12-22(34-21)25-24(20-8-4-5-13-29-20)31-26(35)32(25)15-23(33)30-17-6-2-1-3-7-17/h1-14,24-25H,15H2,(H,30,33)(H,31,35). The minimum Gasteiger partial charge on any atom is -0.459 e. The van der Waals surface area contributed by atoms with Crippen LogP contribution in [-0.4, -0.2) is 27.4 Å². The summed E-state index contributed by atoms with van der Waals surface area (Å²) in [5.41, 5.74) is 2.30. The summed E-state index contributed by atoms with van der Waals surface area (Å²) in [6, 6.07) is 23.4. The first-order valence-corrected chi connectivity index (χ1v) is 12.0. The maximum Gasteiger partial charge on any atom is 0.244 e. The molecule has 2 unspecified atom stereocenters. The van der Waals surface area contributed by atoms with Crippen LogP contribution in [0, 0.1) is 0 Å². The van der Waals surface area contributed by atoms with E-state index in [1.165, 1.54) is 0 Å². The number of aromatic nitrogens is 1. The van der Waals surface area contributed by atoms with E-state index in [1.54, 1.807) is 18.3 Å². The molecule has 1 aliphatic heterocycles. The molecule has 4 aromatic rings. The molecule has 0 radical (unpaired) electrons. The third-order valence-electron chi connectivity index (χ3n) is 5.69. The number of carbonyl (C=O) groups is 1. The monoisotopic (exact) mass is 522 g/mol. The van der Waals surface area contributed by atoms with Crippen LogP contribution in [0.25, 0.3) is 11.3 Å². The average molecular weight is 523 g/mol. The first kappa shape index (κ1) is 23.4. The zero-order valence-electron chi connectivity index (χ0n) is 18.3. The SMILES string of the molecule is O=C(CN1C(=S)NC(c2ccccn2)C1c1ccc(-c2ccc(Cl)c(Cl)c2)o1)Nc1ccccc1. The Bertz CT molecular complexity index is 1360. The van der Waals surface area contributed by atoms with Crippen molar-refractivity contribution in [1.82, 2.24) is 15.2 Å². The van der Waals surface area contributed by atoms with Crippen molar-refractivity contribution in [3.05, 3.63) is 107 Å². The van der Waals surface area contributed by atoms with Gasteiger partial charge in [-0.25, -0.2) is 0 Å². The molecule has 1 aliphatic rings. The molecular formula is C26H20Cl2N4O2S. The highest BCUT2D eigenvalue weighted by Gasteiger charge is 2.42. The fourth-order valence-corrected chi connectivity index (χ4v) is 4.68. The van der Waals surface area contributed by atoms with E-state index >= 15 is 0 Å². The topological polar surface area (TPSA) is 70.4 Å². The summed E-state index contributed by atoms with van der Waals surface area (Å²) in [7, 11) is 0. The fourth-order valence-electron chi connectivity index (χ4n) is 4.08. The number of para-hydroxylation sites is 1. The lowest BCUT2D eigenvalue weighted by Crippen LogP contribution is -2.36. The van der Waals surface area contributed by atoms with Crippen LogP contribution in [0.1, 0.15) is 23.5 Å². The van der Waals surface area contributed by atoms with E-state index < -0.39 is 6.04 Å². The number of pyridine rings is 1. The van der Waals surface area contributed by atoms with E-state index in [1.807, 2.05) is 71.6 Å². The maximum atomic E-state index is 12.9. The minimum absolute atomic E-state index is 0.0392. The predicted octanol–water partition coefficient (Wildman–Crippen LogP) is 6.26. The van der Waals surface area contributed by atoms with Crippen LogP contribution in [0.2, 0.25) is 10.0 Å². The third-order valence-corrected chi connectivity index (χ3v) is 6.78. The predicted molar refractivity (Wildman–Crippen MR) is 141 cm³/mol. The summed E-state index contributed by atoms with van der Waals surface area (Å²) in [6.45, 7) is 0.0392. The number of anilines is 1. The van der Waals surface area contributed by atoms with Crippen molar-refractivity contribution in [3.63, 3.8) is 0 Å². The number of halogens is 2. The Kier molecular flexibility index (Phi) is 6.72. The molecule has 176 valence electrons. The van der Waals surface area contributed by atoms with Gasteiger partial charge in [0.1, 0.15) is 24.1 Å². The van der Waals surface area contributed by atoms with Crippen molar-refractivity contribution >= 4 is 52.1 Å². The fraction of sp³-hybridized carbons (Fsp3) is 0.115. The zero-order valence-corrected chi connectivity index (χ0v) is 20.6. The second-order valence-corrected chi connectivity index (χ2v) is 9.20. The highest BCUT2D eigenvalue weighted by Crippen LogP contribution is 2.40. The van der Waals surface area contributed by atoms with Crippen LogP contribution >= 0.6 is 35.4 Å². The van der Waals surface area contributed by atoms with Gasteiger partial charge in [-0.05, 0) is 66.8 Å². The Labute approximate surface area is 217 Å². The number of benzene rings is 2. The number of rotatable bonds is 6. The van der Waals surface area contributed by atoms with Crippen LogP contribution in [0.3, 0.4) is 0 Å². The number of hydrogen-bond donors (Lipinski definition) is 2. The van der Waals surface area contributed by atoms with Gasteiger partial charge in [0.15, 0.2) is 5.11 Å². The first-order valence-electron chi connectivity index (χ1n) is 10.9. The molecule has 0 bridgehead atoms. The second kappa shape index (κ2) is 10.1. The third kappa shape index (κ3) is 5.03. The molecule has 2 aromatic carbocycles. The molecule has 1 amide bonds. The second-order valence-electron chi connectivity index (χ2n) is 8.00. The molecule has 2 atom stereocenters. The molecule has 0 aliphatic carbocycles. The lowest BCUT2D eigenvalue weighted by Gasteiger charge is -2.25. The molecule has 6 nitrogen and oxygen atoms in total. The number of furan rings is 1. The Morgan fingerprint density at radius 3 is 2.57 bits per heavy atom. The van der Waals surface area contributed by atoms with E-state index in [2.05, 4.69) is 15.6 Å². The van der Waals surface area contributed by atoms with Gasteiger partial charge < -0.3 is 20.0 Å². The van der Waals surface area contributed by atoms with Crippen molar-refractivity contribution < 1.29 is 9.21 Å². The van der Waals surface area contributed by atoms with Gasteiger partial charge in [-0.1, -0.05) is 47.5 Å². The van der Waals surface area contributed by atoms with E-state index in [-0.39, 0.29) is 18.5 Å². The largest absolute Gasteiger partial charge is 0.459 e. The van der Waals surface area contributed by atoms with Gasteiger partial charge in [0, 0.05) is 17.4 Å². The normalized spacial score (nSPS) is 17.3. The highest BCUT2D eigenvalue weighted by atomic mass is 35.5. The van der Waals surface area contributed by atoms with E-state index in [0.717, 1.165) is 11.3 Å². The Hall–Kier alpha value is -3.39. The molecule has 35 heavy (non-hydrogen) atoms. The number of amides is 1. The van der Waals surface area contributed by atoms with Gasteiger partial charge in [-0.2, -0.15) is 0 Å². The molecule has 2 N–H and O–H groups in total. The van der Waals surface area contributed by atoms with E-state index in [0.29, 0.717) is 32.4 Å². The molecular weight excluding hydrogens is 503 g/mol. The van der Waals surface area contributed by atoms with Crippen molar-refractivity contribution in [2.75, 3.05) is 11.9 Å². The number of thiocarbonyl (C=S) groups is 1. The highest BCUT2D eigenvalue weighted by molar-refractivity contribution is 7.80. The van der Waals surface area contributed by atoms with Crippen molar-refractivity contribution in [1.29, 1.82) is 0 Å². The number of nitrogens with zero attached hydrogens (tertiary/aromatic N) is 2. The van der Waals surface area contributed by atoms with Gasteiger partial charge in [-0.15, -0.1) is 0 Å². The summed E-state index contributed by atoms with van der Waals surface area (Å²) in [6.07, 6.45) is 1.73. The Morgan fingerprint density at radius 2 is 1.83 bits per heavy atom. The van der Waals surface area contributed by atoms with Crippen LogP contribution in [0.5, 0.6) is 0 Å². The molecule has 9 heteroatoms. The summed E-state index contributed by atoms with van der Waals surface area (Å²) in [4.78, 5) is 19.3. The van der Waals surface area contributed by atoms with Gasteiger partial charge in [0.05, 0.1) is 21.8 Å². The van der Waals surface area contributed by atoms with E-state index in [4.69, 9.17) is 39.8 Å². The van der Waals surface area contributed by atoms with Gasteiger partial charge in [0.25, 0.3) is 0 Å². The summed E-state index contributed by atoms with van der Waals surface area (Å²) >= 11 is 17.9. The van der Waals surface area contributed by atoms with Crippen molar-refractivity contribution in [2.45, 2.75) is 12.1 Å². The molecule has 5 rings (SSSR count). The number of hydrogen-bond acceptors (Lipinski definition) is 4. The average Bonchev–Trinajstić information content (AvgIpc) is 3.47. The van der Waals surface area contributed by atoms with Crippen LogP contribution in [-0.2, 0) is 4.79 Å². The van der Waals surface area contributed by atoms with Crippen LogP contribution < -0.4 is 10.6 Å². The lowest BCUT2D eigenvalue weighted by molar-refractivity contribution is -0.116. The summed E-state index contributed by atoms with van der Waals surface area (Å²) in [5.74, 6) is 1.08. The lowest BCUT2D eigenvalue weighted by atomic mass is 10.0. The quantitative estimate of drug-likeness (QED) is 0.291.